The van der Waals surface area contributed by atoms with Crippen LogP contribution in [0.4, 0.5) is 0 Å². The number of unbranched alkanes of at least 4 members (excludes halogenated alkanes) is 24. The van der Waals surface area contributed by atoms with Crippen molar-refractivity contribution in [3.8, 4) is 0 Å². The number of hydrogen-bond acceptors (Lipinski definition) is 10. The van der Waals surface area contributed by atoms with E-state index in [1.54, 1.807) is 6.08 Å². The number of hydrogen-bond donors (Lipinski definition) is 6. The molecule has 496 valence electrons. The van der Waals surface area contributed by atoms with E-state index in [2.05, 4.69) is 148 Å². The SMILES string of the molecule is CC/C=C\C/C=C\C/C=C\C/C=C\C/C=C\CCCCCCCCCCC(O)C(=O)NC(COC1OC(CO)C(O)C(O)C1OC(=O)CCCCCCCCC/C=C\C/C=C\C/C=C\C/C=C\C/C=C\CC)C(O)/C=C/CCCCCCCCCCC. The molecule has 1 heterocycles. The van der Waals surface area contributed by atoms with E-state index in [-0.39, 0.29) is 19.4 Å². The molecule has 87 heavy (non-hydrogen) atoms. The van der Waals surface area contributed by atoms with Gasteiger partial charge in [-0.3, -0.25) is 9.59 Å². The molecule has 1 saturated heterocycles. The summed E-state index contributed by atoms with van der Waals surface area (Å²) >= 11 is 0. The molecular weight excluding hydrogens is 1090 g/mol. The van der Waals surface area contributed by atoms with E-state index in [9.17, 15) is 35.1 Å². The summed E-state index contributed by atoms with van der Waals surface area (Å²) in [7, 11) is 0. The molecule has 0 aromatic rings. The van der Waals surface area contributed by atoms with Crippen molar-refractivity contribution in [3.63, 3.8) is 0 Å². The van der Waals surface area contributed by atoms with Crippen LogP contribution in [0.2, 0.25) is 0 Å². The highest BCUT2D eigenvalue weighted by molar-refractivity contribution is 5.80. The molecule has 0 aromatic heterocycles. The first-order valence-corrected chi connectivity index (χ1v) is 35.0. The number of ether oxygens (including phenoxy) is 3. The summed E-state index contributed by atoms with van der Waals surface area (Å²) in [6.07, 6.45) is 77.7. The number of aliphatic hydroxyl groups is 5. The van der Waals surface area contributed by atoms with Crippen molar-refractivity contribution in [3.05, 3.63) is 134 Å². The largest absolute Gasteiger partial charge is 0.454 e. The van der Waals surface area contributed by atoms with Gasteiger partial charge in [-0.15, -0.1) is 0 Å². The van der Waals surface area contributed by atoms with Gasteiger partial charge in [-0.1, -0.05) is 283 Å². The zero-order valence-electron chi connectivity index (χ0n) is 55.1. The maximum absolute atomic E-state index is 13.5. The van der Waals surface area contributed by atoms with Gasteiger partial charge in [0.25, 0.3) is 0 Å². The topological polar surface area (TPSA) is 175 Å². The van der Waals surface area contributed by atoms with Crippen LogP contribution in [0.25, 0.3) is 0 Å². The molecule has 1 fully saturated rings. The quantitative estimate of drug-likeness (QED) is 0.0195. The number of carbonyl (C=O) groups excluding carboxylic acids is 2. The molecular formula is C76H127NO10. The Morgan fingerprint density at radius 1 is 0.460 bits per heavy atom. The Balaban J connectivity index is 2.59. The standard InChI is InChI=1S/C76H127NO10/c1-4-7-10-13-16-19-22-24-26-28-30-32-34-36-37-39-41-43-45-48-51-54-57-60-63-69(80)75(84)77-67(68(79)62-59-56-53-50-47-21-18-15-12-9-6-3)66-85-76-74(73(83)72(82)70(65-78)86-76)87-71(81)64-61-58-55-52-49-46-44-42-40-38-35-33-31-29-27-25-23-20-17-14-11-8-5-2/h7-8,10-11,16-17,19-20,24-27,30-33,36-38,40,59,62,67-70,72-74,76,78-80,82-83H,4-6,9,12-15,18,21-23,28-29,34-35,39,41-58,60-61,63-66H2,1-3H3,(H,77,84)/b10-7-,11-8-,19-16-,20-17-,26-24-,27-25-,32-30-,33-31-,37-36-,40-38-,62-59+. The van der Waals surface area contributed by atoms with Crippen molar-refractivity contribution in [2.24, 2.45) is 0 Å². The summed E-state index contributed by atoms with van der Waals surface area (Å²) in [5.41, 5.74) is 0. The molecule has 1 aliphatic heterocycles. The van der Waals surface area contributed by atoms with E-state index in [0.717, 1.165) is 167 Å². The van der Waals surface area contributed by atoms with E-state index < -0.39 is 67.4 Å². The van der Waals surface area contributed by atoms with Crippen molar-refractivity contribution < 1.29 is 49.3 Å². The monoisotopic (exact) mass is 1210 g/mol. The Bertz CT molecular complexity index is 1930. The average Bonchev–Trinajstić information content (AvgIpc) is 1.30. The Kier molecular flexibility index (Phi) is 57.6. The molecule has 0 saturated carbocycles. The van der Waals surface area contributed by atoms with Crippen LogP contribution in [0.5, 0.6) is 0 Å². The normalized spacial score (nSPS) is 19.1. The van der Waals surface area contributed by atoms with E-state index in [0.29, 0.717) is 12.8 Å². The Morgan fingerprint density at radius 3 is 1.24 bits per heavy atom. The van der Waals surface area contributed by atoms with Gasteiger partial charge in [0.1, 0.15) is 24.4 Å². The van der Waals surface area contributed by atoms with E-state index >= 15 is 0 Å². The molecule has 0 spiro atoms. The maximum Gasteiger partial charge on any atom is 0.306 e. The Hall–Kier alpha value is -4.20. The smallest absolute Gasteiger partial charge is 0.306 e. The highest BCUT2D eigenvalue weighted by atomic mass is 16.7. The molecule has 1 amide bonds. The van der Waals surface area contributed by atoms with Gasteiger partial charge < -0.3 is 45.1 Å². The number of nitrogens with one attached hydrogen (secondary N) is 1. The molecule has 8 unspecified atom stereocenters. The van der Waals surface area contributed by atoms with Gasteiger partial charge in [0, 0.05) is 6.42 Å². The maximum atomic E-state index is 13.5. The Labute approximate surface area is 531 Å². The van der Waals surface area contributed by atoms with Crippen LogP contribution in [-0.4, -0.2) is 99.6 Å². The van der Waals surface area contributed by atoms with Gasteiger partial charge in [0.2, 0.25) is 5.91 Å². The van der Waals surface area contributed by atoms with Gasteiger partial charge in [-0.05, 0) is 116 Å². The predicted octanol–water partition coefficient (Wildman–Crippen LogP) is 18.0. The average molecular weight is 1210 g/mol. The summed E-state index contributed by atoms with van der Waals surface area (Å²) < 4.78 is 17.7. The lowest BCUT2D eigenvalue weighted by Crippen LogP contribution is -2.61. The number of carbonyl (C=O) groups is 2. The lowest BCUT2D eigenvalue weighted by Gasteiger charge is -2.41. The number of allylic oxidation sites excluding steroid dienone is 21. The number of aliphatic hydroxyl groups excluding tert-OH is 5. The minimum atomic E-state index is -1.63. The van der Waals surface area contributed by atoms with Crippen LogP contribution < -0.4 is 5.32 Å². The van der Waals surface area contributed by atoms with Gasteiger partial charge >= 0.3 is 5.97 Å². The van der Waals surface area contributed by atoms with Gasteiger partial charge in [-0.25, -0.2) is 0 Å². The number of amides is 1. The van der Waals surface area contributed by atoms with Gasteiger partial charge in [0.05, 0.1) is 25.4 Å². The lowest BCUT2D eigenvalue weighted by molar-refractivity contribution is -0.305. The van der Waals surface area contributed by atoms with Crippen LogP contribution in [0.1, 0.15) is 271 Å². The van der Waals surface area contributed by atoms with Gasteiger partial charge in [-0.2, -0.15) is 0 Å². The van der Waals surface area contributed by atoms with Crippen molar-refractivity contribution >= 4 is 11.9 Å². The first kappa shape index (κ1) is 80.8. The highest BCUT2D eigenvalue weighted by Gasteiger charge is 2.47. The van der Waals surface area contributed by atoms with Crippen molar-refractivity contribution in [1.82, 2.24) is 5.32 Å². The van der Waals surface area contributed by atoms with E-state index in [4.69, 9.17) is 14.2 Å². The zero-order chi connectivity index (χ0) is 63.1. The number of esters is 1. The van der Waals surface area contributed by atoms with Gasteiger partial charge in [0.15, 0.2) is 12.4 Å². The second kappa shape index (κ2) is 62.0. The first-order valence-electron chi connectivity index (χ1n) is 35.0. The van der Waals surface area contributed by atoms with Crippen LogP contribution >= 0.6 is 0 Å². The van der Waals surface area contributed by atoms with Crippen molar-refractivity contribution in [2.45, 2.75) is 320 Å². The second-order valence-corrected chi connectivity index (χ2v) is 23.5. The minimum absolute atomic E-state index is 0.103. The molecule has 0 aromatic carbocycles. The summed E-state index contributed by atoms with van der Waals surface area (Å²) in [5, 5.41) is 57.2. The zero-order valence-corrected chi connectivity index (χ0v) is 55.1. The fourth-order valence-electron chi connectivity index (χ4n) is 10.1. The predicted molar refractivity (Wildman–Crippen MR) is 365 cm³/mol. The molecule has 1 aliphatic rings. The summed E-state index contributed by atoms with van der Waals surface area (Å²) in [6, 6.07) is -1.04. The van der Waals surface area contributed by atoms with Crippen LogP contribution in [-0.2, 0) is 23.8 Å². The third kappa shape index (κ3) is 49.3. The third-order valence-corrected chi connectivity index (χ3v) is 15.5. The molecule has 1 rings (SSSR count). The molecule has 0 bridgehead atoms. The van der Waals surface area contributed by atoms with Crippen LogP contribution in [0, 0.1) is 0 Å². The minimum Gasteiger partial charge on any atom is -0.454 e. The van der Waals surface area contributed by atoms with E-state index in [1.807, 2.05) is 6.08 Å². The number of rotatable bonds is 58. The molecule has 0 aliphatic carbocycles. The molecule has 11 nitrogen and oxygen atoms in total. The second-order valence-electron chi connectivity index (χ2n) is 23.5. The fourth-order valence-corrected chi connectivity index (χ4v) is 10.1. The fraction of sp³-hybridized carbons (Fsp3) is 0.684. The summed E-state index contributed by atoms with van der Waals surface area (Å²) in [4.78, 5) is 26.7. The van der Waals surface area contributed by atoms with E-state index in [1.165, 1.54) is 57.8 Å². The lowest BCUT2D eigenvalue weighted by atomic mass is 9.99. The molecule has 8 atom stereocenters. The molecule has 0 radical (unpaired) electrons. The van der Waals surface area contributed by atoms with Crippen molar-refractivity contribution in [2.75, 3.05) is 13.2 Å². The third-order valence-electron chi connectivity index (χ3n) is 15.5. The Morgan fingerprint density at radius 2 is 0.828 bits per heavy atom. The highest BCUT2D eigenvalue weighted by Crippen LogP contribution is 2.26. The van der Waals surface area contributed by atoms with Crippen molar-refractivity contribution in [1.29, 1.82) is 0 Å². The molecule has 11 heteroatoms. The first-order chi connectivity index (χ1) is 42.7. The van der Waals surface area contributed by atoms with Crippen LogP contribution in [0.15, 0.2) is 134 Å². The van der Waals surface area contributed by atoms with Crippen LogP contribution in [0.3, 0.4) is 0 Å². The molecule has 6 N–H and O–H groups in total. The summed E-state index contributed by atoms with van der Waals surface area (Å²) in [5.74, 6) is -1.22. The summed E-state index contributed by atoms with van der Waals surface area (Å²) in [6.45, 7) is 5.55.